The molecule has 2 fully saturated rings. The van der Waals surface area contributed by atoms with Gasteiger partial charge in [-0.05, 0) is 25.7 Å². The lowest BCUT2D eigenvalue weighted by Gasteiger charge is -2.51. The molecule has 4 heteroatoms. The first kappa shape index (κ1) is 13.8. The van der Waals surface area contributed by atoms with Crippen molar-refractivity contribution >= 4 is 5.97 Å². The Balaban J connectivity index is 1.89. The fourth-order valence-electron chi connectivity index (χ4n) is 3.79. The molecule has 2 aliphatic heterocycles. The molecule has 0 aromatic heterocycles. The van der Waals surface area contributed by atoms with Gasteiger partial charge >= 0.3 is 5.97 Å². The Bertz CT molecular complexity index is 291. The van der Waals surface area contributed by atoms with Crippen LogP contribution in [-0.4, -0.2) is 57.0 Å². The van der Waals surface area contributed by atoms with Crippen LogP contribution in [-0.2, 0) is 14.3 Å². The van der Waals surface area contributed by atoms with E-state index in [1.165, 1.54) is 56.8 Å². The average Bonchev–Trinajstić information content (AvgIpc) is 2.35. The quantitative estimate of drug-likeness (QED) is 0.566. The van der Waals surface area contributed by atoms with Gasteiger partial charge in [0.2, 0.25) is 0 Å². The lowest BCUT2D eigenvalue weighted by molar-refractivity contribution is -0.947. The Kier molecular flexibility index (Phi) is 4.62. The zero-order valence-corrected chi connectivity index (χ0v) is 11.7. The fourth-order valence-corrected chi connectivity index (χ4v) is 3.79. The van der Waals surface area contributed by atoms with Gasteiger partial charge < -0.3 is 14.0 Å². The van der Waals surface area contributed by atoms with Crippen LogP contribution in [0.2, 0.25) is 0 Å². The maximum atomic E-state index is 11.4. The van der Waals surface area contributed by atoms with Gasteiger partial charge in [0.1, 0.15) is 6.61 Å². The van der Waals surface area contributed by atoms with E-state index in [1.807, 2.05) is 0 Å². The summed E-state index contributed by atoms with van der Waals surface area (Å²) in [6.07, 6.45) is 6.45. The Hall–Kier alpha value is -0.610. The molecule has 0 N–H and O–H groups in total. The minimum absolute atomic E-state index is 0.0729. The van der Waals surface area contributed by atoms with Crippen LogP contribution < -0.4 is 0 Å². The summed E-state index contributed by atoms with van der Waals surface area (Å²) < 4.78 is 11.3. The SMILES string of the molecule is COCC(=O)OC[C@@H]1CCC[N@@+]2(C)CCCC[C@H]12. The zero-order chi connectivity index (χ0) is 13.0. The van der Waals surface area contributed by atoms with E-state index in [0.717, 1.165) is 0 Å². The number of hydrogen-bond donors (Lipinski definition) is 0. The molecule has 0 aromatic carbocycles. The van der Waals surface area contributed by atoms with Crippen LogP contribution in [0.1, 0.15) is 32.1 Å². The van der Waals surface area contributed by atoms with Crippen LogP contribution >= 0.6 is 0 Å². The van der Waals surface area contributed by atoms with E-state index in [4.69, 9.17) is 9.47 Å². The molecule has 2 saturated heterocycles. The van der Waals surface area contributed by atoms with Gasteiger partial charge in [0.25, 0.3) is 0 Å². The molecule has 104 valence electrons. The van der Waals surface area contributed by atoms with Gasteiger partial charge in [-0.3, -0.25) is 0 Å². The summed E-state index contributed by atoms with van der Waals surface area (Å²) in [5.41, 5.74) is 0. The number of esters is 1. The first-order chi connectivity index (χ1) is 8.65. The van der Waals surface area contributed by atoms with Crippen LogP contribution in [0.15, 0.2) is 0 Å². The van der Waals surface area contributed by atoms with Crippen molar-refractivity contribution in [2.75, 3.05) is 40.5 Å². The van der Waals surface area contributed by atoms with Crippen molar-refractivity contribution in [1.29, 1.82) is 0 Å². The third-order valence-corrected chi connectivity index (χ3v) is 4.73. The largest absolute Gasteiger partial charge is 0.463 e. The van der Waals surface area contributed by atoms with Crippen LogP contribution in [0.25, 0.3) is 0 Å². The molecule has 18 heavy (non-hydrogen) atoms. The van der Waals surface area contributed by atoms with Gasteiger partial charge in [-0.25, -0.2) is 4.79 Å². The Morgan fingerprint density at radius 3 is 2.78 bits per heavy atom. The Morgan fingerprint density at radius 1 is 1.22 bits per heavy atom. The first-order valence-electron chi connectivity index (χ1n) is 7.14. The highest BCUT2D eigenvalue weighted by atomic mass is 16.6. The van der Waals surface area contributed by atoms with Crippen LogP contribution in [0.4, 0.5) is 0 Å². The highest BCUT2D eigenvalue weighted by Crippen LogP contribution is 2.36. The maximum absolute atomic E-state index is 11.4. The van der Waals surface area contributed by atoms with Gasteiger partial charge in [-0.2, -0.15) is 0 Å². The van der Waals surface area contributed by atoms with Crippen LogP contribution in [0.3, 0.4) is 0 Å². The van der Waals surface area contributed by atoms with Crippen LogP contribution in [0, 0.1) is 5.92 Å². The molecule has 0 aliphatic carbocycles. The number of carbonyl (C=O) groups is 1. The minimum atomic E-state index is -0.229. The van der Waals surface area contributed by atoms with Crippen molar-refractivity contribution in [3.8, 4) is 0 Å². The molecule has 4 nitrogen and oxygen atoms in total. The predicted molar refractivity (Wildman–Crippen MR) is 69.1 cm³/mol. The molecule has 2 aliphatic rings. The highest BCUT2D eigenvalue weighted by Gasteiger charge is 2.43. The van der Waals surface area contributed by atoms with Crippen molar-refractivity contribution in [3.63, 3.8) is 0 Å². The second kappa shape index (κ2) is 6.02. The number of ether oxygens (including phenoxy) is 2. The third-order valence-electron chi connectivity index (χ3n) is 4.73. The molecule has 0 radical (unpaired) electrons. The lowest BCUT2D eigenvalue weighted by atomic mass is 9.82. The lowest BCUT2D eigenvalue weighted by Crippen LogP contribution is -2.61. The van der Waals surface area contributed by atoms with E-state index in [2.05, 4.69) is 7.05 Å². The molecular weight excluding hydrogens is 230 g/mol. The number of carbonyl (C=O) groups excluding carboxylic acids is 1. The maximum Gasteiger partial charge on any atom is 0.332 e. The van der Waals surface area contributed by atoms with Crippen molar-refractivity contribution < 1.29 is 18.8 Å². The van der Waals surface area contributed by atoms with Crippen molar-refractivity contribution in [3.05, 3.63) is 0 Å². The smallest absolute Gasteiger partial charge is 0.332 e. The standard InChI is InChI=1S/C14H26NO3/c1-15-8-4-3-7-13(15)12(6-5-9-15)10-18-14(16)11-17-2/h12-13H,3-11H2,1-2H3/q+1/t12-,13+,15+/m0/s1. The van der Waals surface area contributed by atoms with Crippen molar-refractivity contribution in [2.45, 2.75) is 38.1 Å². The molecule has 0 unspecified atom stereocenters. The van der Waals surface area contributed by atoms with Gasteiger partial charge in [0.05, 0.1) is 32.8 Å². The van der Waals surface area contributed by atoms with Crippen LogP contribution in [0.5, 0.6) is 0 Å². The summed E-state index contributed by atoms with van der Waals surface area (Å²) in [5.74, 6) is 0.318. The molecule has 0 amide bonds. The molecule has 0 spiro atoms. The fraction of sp³-hybridized carbons (Fsp3) is 0.929. The molecule has 0 aromatic rings. The summed E-state index contributed by atoms with van der Waals surface area (Å²) in [4.78, 5) is 11.4. The summed E-state index contributed by atoms with van der Waals surface area (Å²) in [6, 6.07) is 0.697. The molecule has 2 heterocycles. The monoisotopic (exact) mass is 256 g/mol. The predicted octanol–water partition coefficient (Wildman–Crippen LogP) is 1.59. The number of rotatable bonds is 4. The number of hydrogen-bond acceptors (Lipinski definition) is 3. The molecular formula is C14H26NO3+. The topological polar surface area (TPSA) is 35.5 Å². The van der Waals surface area contributed by atoms with Gasteiger partial charge in [0.15, 0.2) is 0 Å². The van der Waals surface area contributed by atoms with E-state index in [9.17, 15) is 4.79 Å². The number of nitrogens with zero attached hydrogens (tertiary/aromatic N) is 1. The third kappa shape index (κ3) is 3.04. The number of methoxy groups -OCH3 is 1. The summed E-state index contributed by atoms with van der Waals surface area (Å²) in [7, 11) is 3.91. The second-order valence-corrected chi connectivity index (χ2v) is 6.01. The zero-order valence-electron chi connectivity index (χ0n) is 11.7. The minimum Gasteiger partial charge on any atom is -0.463 e. The Labute approximate surface area is 110 Å². The number of fused-ring (bicyclic) bond motifs is 1. The van der Waals surface area contributed by atoms with E-state index in [-0.39, 0.29) is 12.6 Å². The van der Waals surface area contributed by atoms with E-state index < -0.39 is 0 Å². The molecule has 0 bridgehead atoms. The molecule has 3 atom stereocenters. The van der Waals surface area contributed by atoms with Gasteiger partial charge in [-0.15, -0.1) is 0 Å². The van der Waals surface area contributed by atoms with E-state index in [1.54, 1.807) is 0 Å². The summed E-state index contributed by atoms with van der Waals surface area (Å²) in [6.45, 7) is 3.25. The van der Waals surface area contributed by atoms with E-state index in [0.29, 0.717) is 18.6 Å². The first-order valence-corrected chi connectivity index (χ1v) is 7.14. The number of piperidine rings is 2. The van der Waals surface area contributed by atoms with Crippen molar-refractivity contribution in [2.24, 2.45) is 5.92 Å². The average molecular weight is 256 g/mol. The van der Waals surface area contributed by atoms with E-state index >= 15 is 0 Å². The summed E-state index contributed by atoms with van der Waals surface area (Å²) in [5, 5.41) is 0. The second-order valence-electron chi connectivity index (χ2n) is 6.01. The molecule has 2 rings (SSSR count). The highest BCUT2D eigenvalue weighted by molar-refractivity contribution is 5.70. The molecule has 0 saturated carbocycles. The van der Waals surface area contributed by atoms with Gasteiger partial charge in [0, 0.05) is 19.4 Å². The van der Waals surface area contributed by atoms with Gasteiger partial charge in [-0.1, -0.05) is 0 Å². The normalized spacial score (nSPS) is 35.9. The van der Waals surface area contributed by atoms with Crippen molar-refractivity contribution in [1.82, 2.24) is 0 Å². The summed E-state index contributed by atoms with van der Waals surface area (Å²) >= 11 is 0. The number of quaternary nitrogens is 1. The Morgan fingerprint density at radius 2 is 2.00 bits per heavy atom.